The predicted octanol–water partition coefficient (Wildman–Crippen LogP) is -1.30. The summed E-state index contributed by atoms with van der Waals surface area (Å²) in [5.74, 6) is 0.0984. The Morgan fingerprint density at radius 2 is 2.00 bits per heavy atom. The minimum absolute atomic E-state index is 0.0984. The van der Waals surface area contributed by atoms with Crippen molar-refractivity contribution in [3.05, 3.63) is 12.7 Å². The molecule has 2 aromatic rings. The van der Waals surface area contributed by atoms with Gasteiger partial charge in [0.2, 0.25) is 0 Å². The number of aliphatic hydroxyl groups is 2. The molecule has 0 bridgehead atoms. The molecule has 3 rings (SSSR count). The molecule has 0 amide bonds. The third-order valence-electron chi connectivity index (χ3n) is 3.74. The first-order valence-corrected chi connectivity index (χ1v) is 10.9. The van der Waals surface area contributed by atoms with Gasteiger partial charge in [0, 0.05) is 0 Å². The normalized spacial score (nSPS) is 29.6. The lowest BCUT2D eigenvalue weighted by molar-refractivity contribution is -0.0502. The first kappa shape index (κ1) is 21.5. The standard InChI is InChI=1S/C10H16N6O9P2S/c11-8-5-9(13-2-12-8)16(3-14-5)10-7(18)6(17)4(24-10)1-23-27(21,22)25-26(19,20)15-28/h2-4,6-7,10,17-18,28H,1H2,(H,21,22)(H2,11,12,13)(H2,15,19,20)/t4-,6-,7-,10-/m1/s1. The average Bonchev–Trinajstić information content (AvgIpc) is 3.16. The summed E-state index contributed by atoms with van der Waals surface area (Å²) in [7, 11) is -9.69. The molecule has 3 heterocycles. The lowest BCUT2D eigenvalue weighted by Crippen LogP contribution is -2.33. The minimum Gasteiger partial charge on any atom is -0.387 e. The predicted molar refractivity (Wildman–Crippen MR) is 94.5 cm³/mol. The number of imidazole rings is 1. The van der Waals surface area contributed by atoms with Crippen LogP contribution in [-0.2, 0) is 22.7 Å². The molecule has 2 aromatic heterocycles. The zero-order valence-corrected chi connectivity index (χ0v) is 16.4. The Labute approximate surface area is 162 Å². The lowest BCUT2D eigenvalue weighted by Gasteiger charge is -2.18. The molecular formula is C10H16N6O9P2S. The first-order chi connectivity index (χ1) is 13.0. The fourth-order valence-electron chi connectivity index (χ4n) is 2.50. The molecule has 0 saturated carbocycles. The highest BCUT2D eigenvalue weighted by atomic mass is 32.1. The van der Waals surface area contributed by atoms with Crippen LogP contribution in [0.5, 0.6) is 0 Å². The second kappa shape index (κ2) is 7.93. The van der Waals surface area contributed by atoms with Gasteiger partial charge < -0.3 is 30.5 Å². The number of thiol groups is 1. The van der Waals surface area contributed by atoms with E-state index in [1.165, 1.54) is 21.7 Å². The van der Waals surface area contributed by atoms with Crippen LogP contribution in [-0.4, -0.2) is 64.4 Å². The number of hydrogen-bond acceptors (Lipinski definition) is 12. The van der Waals surface area contributed by atoms with Crippen LogP contribution in [0.1, 0.15) is 6.23 Å². The van der Waals surface area contributed by atoms with Gasteiger partial charge in [-0.3, -0.25) is 9.09 Å². The first-order valence-electron chi connectivity index (χ1n) is 7.42. The summed E-state index contributed by atoms with van der Waals surface area (Å²) in [5, 5.41) is 20.4. The number of aromatic nitrogens is 4. The van der Waals surface area contributed by atoms with E-state index in [0.717, 1.165) is 0 Å². The van der Waals surface area contributed by atoms with Crippen molar-refractivity contribution in [2.45, 2.75) is 24.5 Å². The van der Waals surface area contributed by atoms with E-state index in [2.05, 4.69) is 36.6 Å². The molecule has 0 aromatic carbocycles. The molecule has 0 aliphatic carbocycles. The Bertz CT molecular complexity index is 961. The zero-order chi connectivity index (χ0) is 20.7. The maximum absolute atomic E-state index is 11.7. The van der Waals surface area contributed by atoms with Gasteiger partial charge >= 0.3 is 15.6 Å². The molecule has 6 atom stereocenters. The van der Waals surface area contributed by atoms with Gasteiger partial charge in [0.1, 0.15) is 30.2 Å². The van der Waals surface area contributed by atoms with E-state index in [1.54, 1.807) is 0 Å². The third-order valence-corrected chi connectivity index (χ3v) is 6.94. The van der Waals surface area contributed by atoms with Gasteiger partial charge in [-0.1, -0.05) is 12.8 Å². The van der Waals surface area contributed by atoms with Crippen molar-refractivity contribution in [1.82, 2.24) is 24.0 Å². The fourth-order valence-corrected chi connectivity index (χ4v) is 4.62. The van der Waals surface area contributed by atoms with Gasteiger partial charge in [0.25, 0.3) is 0 Å². The topological polar surface area (TPSA) is 224 Å². The van der Waals surface area contributed by atoms with Crippen molar-refractivity contribution in [2.75, 3.05) is 12.3 Å². The number of hydrogen-bond donors (Lipinski definition) is 7. The molecule has 156 valence electrons. The summed E-state index contributed by atoms with van der Waals surface area (Å²) < 4.78 is 39.8. The van der Waals surface area contributed by atoms with E-state index in [4.69, 9.17) is 15.4 Å². The number of anilines is 1. The van der Waals surface area contributed by atoms with Crippen molar-refractivity contribution in [3.8, 4) is 0 Å². The molecule has 28 heavy (non-hydrogen) atoms. The van der Waals surface area contributed by atoms with Crippen LogP contribution in [0.15, 0.2) is 12.7 Å². The fraction of sp³-hybridized carbons (Fsp3) is 0.500. The Kier molecular flexibility index (Phi) is 6.10. The van der Waals surface area contributed by atoms with Crippen LogP contribution in [0.3, 0.4) is 0 Å². The number of phosphoric acid groups is 1. The van der Waals surface area contributed by atoms with Crippen LogP contribution >= 0.6 is 28.4 Å². The van der Waals surface area contributed by atoms with Gasteiger partial charge in [0.15, 0.2) is 17.7 Å². The van der Waals surface area contributed by atoms with Gasteiger partial charge in [-0.25, -0.2) is 24.1 Å². The smallest absolute Gasteiger partial charge is 0.387 e. The molecule has 7 N–H and O–H groups in total. The van der Waals surface area contributed by atoms with Gasteiger partial charge in [-0.05, 0) is 0 Å². The van der Waals surface area contributed by atoms with Crippen molar-refractivity contribution in [2.24, 2.45) is 0 Å². The maximum atomic E-state index is 11.7. The summed E-state index contributed by atoms with van der Waals surface area (Å²) in [4.78, 5) is 30.4. The Morgan fingerprint density at radius 3 is 2.68 bits per heavy atom. The highest BCUT2D eigenvalue weighted by Crippen LogP contribution is 2.58. The number of nitrogens with one attached hydrogen (secondary N) is 1. The van der Waals surface area contributed by atoms with E-state index < -0.39 is 46.7 Å². The molecule has 2 unspecified atom stereocenters. The number of rotatable bonds is 7. The summed E-state index contributed by atoms with van der Waals surface area (Å²) in [5.41, 5.74) is 6.16. The Morgan fingerprint density at radius 1 is 1.29 bits per heavy atom. The molecule has 1 fully saturated rings. The van der Waals surface area contributed by atoms with E-state index in [9.17, 15) is 24.2 Å². The summed E-state index contributed by atoms with van der Waals surface area (Å²) >= 11 is 3.28. The van der Waals surface area contributed by atoms with Gasteiger partial charge in [0.05, 0.1) is 12.9 Å². The maximum Gasteiger partial charge on any atom is 0.480 e. The Hall–Kier alpha value is -1.16. The van der Waals surface area contributed by atoms with Crippen molar-refractivity contribution < 1.29 is 42.7 Å². The van der Waals surface area contributed by atoms with Crippen LogP contribution < -0.4 is 10.2 Å². The summed E-state index contributed by atoms with van der Waals surface area (Å²) in [6, 6.07) is 0. The highest BCUT2D eigenvalue weighted by Gasteiger charge is 2.46. The second-order valence-electron chi connectivity index (χ2n) is 5.60. The molecule has 1 saturated heterocycles. The number of ether oxygens (including phenoxy) is 1. The summed E-state index contributed by atoms with van der Waals surface area (Å²) in [6.45, 7) is -0.751. The number of phosphoric ester groups is 1. The molecule has 0 spiro atoms. The summed E-state index contributed by atoms with van der Waals surface area (Å²) in [6.07, 6.45) is -3.04. The minimum atomic E-state index is -5.01. The van der Waals surface area contributed by atoms with E-state index in [0.29, 0.717) is 0 Å². The molecule has 15 nitrogen and oxygen atoms in total. The molecule has 18 heteroatoms. The molecule has 0 radical (unpaired) electrons. The SMILES string of the molecule is Nc1ncnc2c1ncn2[C@@H]1O[C@H](COP(=O)(O)OP(=O)(O)NS)[C@@H](O)[C@H]1O. The second-order valence-corrected chi connectivity index (χ2v) is 9.28. The van der Waals surface area contributed by atoms with Crippen LogP contribution in [0.4, 0.5) is 5.82 Å². The van der Waals surface area contributed by atoms with Gasteiger partial charge in [-0.15, -0.1) is 0 Å². The molecular weight excluding hydrogens is 442 g/mol. The van der Waals surface area contributed by atoms with Crippen LogP contribution in [0.2, 0.25) is 0 Å². The number of nitrogens with zero attached hydrogens (tertiary/aromatic N) is 4. The van der Waals surface area contributed by atoms with E-state index in [-0.39, 0.29) is 17.0 Å². The zero-order valence-electron chi connectivity index (χ0n) is 13.7. The van der Waals surface area contributed by atoms with Crippen molar-refractivity contribution in [1.29, 1.82) is 0 Å². The third kappa shape index (κ3) is 4.37. The number of fused-ring (bicyclic) bond motifs is 1. The van der Waals surface area contributed by atoms with Gasteiger partial charge in [-0.2, -0.15) is 8.80 Å². The largest absolute Gasteiger partial charge is 0.480 e. The monoisotopic (exact) mass is 458 g/mol. The quantitative estimate of drug-likeness (QED) is 0.189. The molecule has 1 aliphatic rings. The van der Waals surface area contributed by atoms with Crippen molar-refractivity contribution >= 4 is 45.4 Å². The Balaban J connectivity index is 1.73. The number of nitrogens with two attached hydrogens (primary N) is 1. The number of aliphatic hydroxyl groups excluding tert-OH is 2. The average molecular weight is 458 g/mol. The highest BCUT2D eigenvalue weighted by molar-refractivity contribution is 7.86. The van der Waals surface area contributed by atoms with E-state index >= 15 is 0 Å². The van der Waals surface area contributed by atoms with Crippen molar-refractivity contribution in [3.63, 3.8) is 0 Å². The van der Waals surface area contributed by atoms with E-state index in [1.807, 2.05) is 0 Å². The number of nitrogen functional groups attached to an aromatic ring is 1. The van der Waals surface area contributed by atoms with Crippen LogP contribution in [0, 0.1) is 0 Å². The molecule has 1 aliphatic heterocycles. The van der Waals surface area contributed by atoms with Crippen LogP contribution in [0.25, 0.3) is 11.2 Å². The lowest BCUT2D eigenvalue weighted by atomic mass is 10.1.